The molecule has 4 atom stereocenters. The predicted octanol–water partition coefficient (Wildman–Crippen LogP) is 6.01. The number of likely N-dealkylation sites (tertiary alicyclic amines) is 2. The summed E-state index contributed by atoms with van der Waals surface area (Å²) in [5.74, 6) is 0.740. The van der Waals surface area contributed by atoms with Crippen molar-refractivity contribution < 1.29 is 54.8 Å². The van der Waals surface area contributed by atoms with Crippen LogP contribution in [0, 0.1) is 0 Å². The summed E-state index contributed by atoms with van der Waals surface area (Å²) in [6.07, 6.45) is 9.74. The molecule has 0 unspecified atom stereocenters. The van der Waals surface area contributed by atoms with Gasteiger partial charge in [-0.1, -0.05) is 61.4 Å². The SMILES string of the molecule is CN(CC(=O)NCCOCCOCCCS(=O)(=O)c1ccc(O[C@H]2c3ccccc3C[C@@H]2N2CCCCC2)cc1)CC(=O)NCCOCCOCCCS(=O)(=O)c1ccc(O[C@H]2c3ccccc3C[C@@H]2N2CCCCC2)cc1. The van der Waals surface area contributed by atoms with Gasteiger partial charge in [0, 0.05) is 26.3 Å². The first-order chi connectivity index (χ1) is 37.9. The molecular weight excluding hydrogens is 1030 g/mol. The third-order valence-corrected chi connectivity index (χ3v) is 18.6. The second-order valence-corrected chi connectivity index (χ2v) is 25.0. The van der Waals surface area contributed by atoms with Crippen LogP contribution in [0.1, 0.15) is 85.8 Å². The molecule has 2 aliphatic carbocycles. The van der Waals surface area contributed by atoms with Gasteiger partial charge in [-0.15, -0.1) is 0 Å². The molecule has 17 nitrogen and oxygen atoms in total. The molecule has 2 saturated heterocycles. The van der Waals surface area contributed by atoms with Crippen molar-refractivity contribution in [2.75, 3.05) is 124 Å². The summed E-state index contributed by atoms with van der Waals surface area (Å²) in [5, 5.41) is 5.54. The highest BCUT2D eigenvalue weighted by Gasteiger charge is 2.40. The number of nitrogens with zero attached hydrogens (tertiary/aromatic N) is 3. The van der Waals surface area contributed by atoms with Crippen LogP contribution in [0.4, 0.5) is 0 Å². The van der Waals surface area contributed by atoms with E-state index in [0.717, 1.165) is 39.0 Å². The molecular formula is C59H81N5O12S2. The zero-order chi connectivity index (χ0) is 54.6. The van der Waals surface area contributed by atoms with Crippen LogP contribution in [0.15, 0.2) is 107 Å². The van der Waals surface area contributed by atoms with Gasteiger partial charge in [-0.3, -0.25) is 24.3 Å². The van der Waals surface area contributed by atoms with Gasteiger partial charge >= 0.3 is 0 Å². The smallest absolute Gasteiger partial charge is 0.234 e. The van der Waals surface area contributed by atoms with Crippen molar-refractivity contribution in [1.82, 2.24) is 25.3 Å². The first-order valence-electron chi connectivity index (χ1n) is 28.1. The number of likely N-dealkylation sites (N-methyl/N-ethyl adjacent to an activating group) is 1. The van der Waals surface area contributed by atoms with Gasteiger partial charge in [0.1, 0.15) is 23.7 Å². The fourth-order valence-electron chi connectivity index (χ4n) is 11.0. The minimum absolute atomic E-state index is 0.0259. The molecule has 0 spiro atoms. The Morgan fingerprint density at radius 1 is 0.500 bits per heavy atom. The van der Waals surface area contributed by atoms with E-state index in [1.165, 1.54) is 60.8 Å². The highest BCUT2D eigenvalue weighted by molar-refractivity contribution is 7.91. The van der Waals surface area contributed by atoms with Crippen molar-refractivity contribution in [2.24, 2.45) is 0 Å². The summed E-state index contributed by atoms with van der Waals surface area (Å²) in [6, 6.07) is 31.0. The van der Waals surface area contributed by atoms with E-state index < -0.39 is 19.7 Å². The van der Waals surface area contributed by atoms with E-state index in [0.29, 0.717) is 50.8 Å². The van der Waals surface area contributed by atoms with Gasteiger partial charge in [0.05, 0.1) is 86.1 Å². The lowest BCUT2D eigenvalue weighted by Gasteiger charge is -2.35. The Morgan fingerprint density at radius 3 is 1.27 bits per heavy atom. The van der Waals surface area contributed by atoms with Crippen LogP contribution in [-0.2, 0) is 61.1 Å². The molecule has 19 heteroatoms. The highest BCUT2D eigenvalue weighted by atomic mass is 32.2. The first kappa shape index (κ1) is 59.2. The van der Waals surface area contributed by atoms with E-state index in [-0.39, 0.29) is 110 Å². The van der Waals surface area contributed by atoms with E-state index in [9.17, 15) is 26.4 Å². The molecule has 0 radical (unpaired) electrons. The number of benzene rings is 4. The van der Waals surface area contributed by atoms with Crippen LogP contribution in [0.3, 0.4) is 0 Å². The Bertz CT molecular complexity index is 2540. The number of rotatable bonds is 32. The van der Waals surface area contributed by atoms with Crippen LogP contribution in [0.5, 0.6) is 11.5 Å². The predicted molar refractivity (Wildman–Crippen MR) is 298 cm³/mol. The van der Waals surface area contributed by atoms with Crippen LogP contribution in [-0.4, -0.2) is 179 Å². The number of hydrogen-bond acceptors (Lipinski definition) is 15. The molecule has 2 N–H and O–H groups in total. The summed E-state index contributed by atoms with van der Waals surface area (Å²) in [5.41, 5.74) is 5.05. The van der Waals surface area contributed by atoms with E-state index in [4.69, 9.17) is 28.4 Å². The van der Waals surface area contributed by atoms with Gasteiger partial charge in [-0.05, 0) is 155 Å². The van der Waals surface area contributed by atoms with Crippen molar-refractivity contribution in [3.63, 3.8) is 0 Å². The minimum atomic E-state index is -3.50. The Kier molecular flexibility index (Phi) is 22.8. The highest BCUT2D eigenvalue weighted by Crippen LogP contribution is 2.41. The molecule has 0 aromatic heterocycles. The summed E-state index contributed by atoms with van der Waals surface area (Å²) in [6.45, 7) is 7.18. The third-order valence-electron chi connectivity index (χ3n) is 15.0. The number of hydrogen-bond donors (Lipinski definition) is 2. The average Bonchev–Trinajstić information content (AvgIpc) is 4.02. The summed E-state index contributed by atoms with van der Waals surface area (Å²) in [4.78, 5) is 32.0. The van der Waals surface area contributed by atoms with Crippen LogP contribution < -0.4 is 20.1 Å². The molecule has 4 aromatic carbocycles. The molecule has 2 fully saturated rings. The molecule has 0 saturated carbocycles. The van der Waals surface area contributed by atoms with E-state index in [1.807, 2.05) is 0 Å². The Balaban J connectivity index is 0.594. The zero-order valence-corrected chi connectivity index (χ0v) is 47.0. The lowest BCUT2D eigenvalue weighted by atomic mass is 10.0. The van der Waals surface area contributed by atoms with Crippen LogP contribution in [0.25, 0.3) is 0 Å². The summed E-state index contributed by atoms with van der Waals surface area (Å²) in [7, 11) is -5.33. The van der Waals surface area contributed by atoms with Crippen LogP contribution >= 0.6 is 0 Å². The van der Waals surface area contributed by atoms with Crippen molar-refractivity contribution in [3.05, 3.63) is 119 Å². The van der Waals surface area contributed by atoms with Crippen LogP contribution in [0.2, 0.25) is 0 Å². The Labute approximate surface area is 462 Å². The maximum Gasteiger partial charge on any atom is 0.234 e. The van der Waals surface area contributed by atoms with E-state index in [2.05, 4.69) is 69.0 Å². The topological polar surface area (TPSA) is 192 Å². The molecule has 2 heterocycles. The molecule has 78 heavy (non-hydrogen) atoms. The lowest BCUT2D eigenvalue weighted by molar-refractivity contribution is -0.124. The fourth-order valence-corrected chi connectivity index (χ4v) is 13.6. The molecule has 4 aliphatic rings. The molecule has 4 aromatic rings. The average molecular weight is 1120 g/mol. The molecule has 2 aliphatic heterocycles. The van der Waals surface area contributed by atoms with Crippen molar-refractivity contribution in [3.8, 4) is 11.5 Å². The number of ether oxygens (including phenoxy) is 6. The monoisotopic (exact) mass is 1120 g/mol. The first-order valence-corrected chi connectivity index (χ1v) is 31.4. The third kappa shape index (κ3) is 17.5. The minimum Gasteiger partial charge on any atom is -0.484 e. The van der Waals surface area contributed by atoms with Crippen molar-refractivity contribution in [2.45, 2.75) is 98.3 Å². The number of nitrogens with one attached hydrogen (secondary N) is 2. The molecule has 426 valence electrons. The number of sulfone groups is 2. The van der Waals surface area contributed by atoms with Gasteiger partial charge in [0.25, 0.3) is 0 Å². The fraction of sp³-hybridized carbons (Fsp3) is 0.559. The maximum absolute atomic E-state index is 13.1. The standard InChI is InChI=1S/C59H81N5O12S2/c1-62(44-56(65)60-26-34-73-38-36-71-32-12-40-77(67,68)50-22-18-48(19-23-50)75-58-52-16-6-4-14-46(52)42-54(58)63-28-8-2-9-29-63)45-57(66)61-27-35-74-39-37-72-33-13-41-78(69,70)51-24-20-49(21-25-51)76-59-53-17-7-5-15-47(53)43-55(59)64-30-10-3-11-31-64/h4-7,14-25,54-55,58-59H,2-3,8-13,26-45H2,1H3,(H,60,65)(H,61,66)/t54-,55-,58-,59-/m0/s1. The van der Waals surface area contributed by atoms with Gasteiger partial charge in [-0.25, -0.2) is 16.8 Å². The second-order valence-electron chi connectivity index (χ2n) is 20.8. The lowest BCUT2D eigenvalue weighted by Crippen LogP contribution is -2.43. The quantitative estimate of drug-likeness (QED) is 0.0541. The summed E-state index contributed by atoms with van der Waals surface area (Å²) >= 11 is 0. The Hall–Kier alpha value is -4.96. The number of carbonyl (C=O) groups excluding carboxylic acids is 2. The molecule has 0 bridgehead atoms. The second kappa shape index (κ2) is 30.0. The number of piperidine rings is 2. The largest absolute Gasteiger partial charge is 0.484 e. The van der Waals surface area contributed by atoms with E-state index >= 15 is 0 Å². The Morgan fingerprint density at radius 2 is 0.872 bits per heavy atom. The molecule has 8 rings (SSSR count). The normalized spacial score (nSPS) is 19.8. The van der Waals surface area contributed by atoms with Gasteiger partial charge < -0.3 is 39.1 Å². The number of fused-ring (bicyclic) bond motifs is 2. The zero-order valence-electron chi connectivity index (χ0n) is 45.4. The summed E-state index contributed by atoms with van der Waals surface area (Å²) < 4.78 is 87.9. The van der Waals surface area contributed by atoms with Gasteiger partial charge in [0.15, 0.2) is 19.7 Å². The van der Waals surface area contributed by atoms with Gasteiger partial charge in [-0.2, -0.15) is 0 Å². The number of carbonyl (C=O) groups is 2. The van der Waals surface area contributed by atoms with Gasteiger partial charge in [0.2, 0.25) is 11.8 Å². The van der Waals surface area contributed by atoms with Crippen molar-refractivity contribution >= 4 is 31.5 Å². The van der Waals surface area contributed by atoms with E-state index in [1.54, 1.807) is 60.5 Å². The molecule has 2 amide bonds. The number of amides is 2. The maximum atomic E-state index is 13.1. The van der Waals surface area contributed by atoms with Crippen molar-refractivity contribution in [1.29, 1.82) is 0 Å².